The maximum absolute atomic E-state index is 12.9. The third-order valence-corrected chi connectivity index (χ3v) is 8.01. The van der Waals surface area contributed by atoms with Gasteiger partial charge in [-0.15, -0.1) is 0 Å². The molecule has 42 heavy (non-hydrogen) atoms. The Morgan fingerprint density at radius 3 is 2.21 bits per heavy atom. The minimum atomic E-state index is -4.35. The average Bonchev–Trinajstić information content (AvgIpc) is 3.28. The Hall–Kier alpha value is -3.87. The van der Waals surface area contributed by atoms with E-state index in [4.69, 9.17) is 9.47 Å². The summed E-state index contributed by atoms with van der Waals surface area (Å²) in [5, 5.41) is 0. The zero-order valence-corrected chi connectivity index (χ0v) is 23.4. The van der Waals surface area contributed by atoms with Gasteiger partial charge in [-0.2, -0.15) is 13.2 Å². The number of piperidine rings is 1. The Labute approximate surface area is 242 Å². The van der Waals surface area contributed by atoms with Gasteiger partial charge in [0.2, 0.25) is 0 Å². The maximum atomic E-state index is 12.9. The van der Waals surface area contributed by atoms with E-state index in [2.05, 4.69) is 9.88 Å². The van der Waals surface area contributed by atoms with Crippen LogP contribution in [0.5, 0.6) is 0 Å². The number of pyridine rings is 1. The van der Waals surface area contributed by atoms with Crippen LogP contribution in [-0.4, -0.2) is 101 Å². The van der Waals surface area contributed by atoms with Crippen molar-refractivity contribution in [3.63, 3.8) is 0 Å². The molecule has 0 bridgehead atoms. The van der Waals surface area contributed by atoms with E-state index in [-0.39, 0.29) is 18.5 Å². The van der Waals surface area contributed by atoms with Gasteiger partial charge in [-0.05, 0) is 36.8 Å². The summed E-state index contributed by atoms with van der Waals surface area (Å²) in [6.07, 6.45) is -2.38. The van der Waals surface area contributed by atoms with Crippen LogP contribution in [-0.2, 0) is 28.7 Å². The van der Waals surface area contributed by atoms with Crippen LogP contribution in [0.2, 0.25) is 0 Å². The van der Waals surface area contributed by atoms with Gasteiger partial charge in [0.25, 0.3) is 5.91 Å². The molecule has 0 atom stereocenters. The van der Waals surface area contributed by atoms with E-state index in [1.54, 1.807) is 33.8 Å². The lowest BCUT2D eigenvalue weighted by molar-refractivity contribution is -0.137. The molecular formula is C29H34F3N5O5. The number of rotatable bonds is 6. The van der Waals surface area contributed by atoms with Crippen molar-refractivity contribution in [1.82, 2.24) is 24.6 Å². The number of halogens is 3. The van der Waals surface area contributed by atoms with Crippen LogP contribution in [0.4, 0.5) is 22.8 Å². The summed E-state index contributed by atoms with van der Waals surface area (Å²) in [5.74, 6) is -0.167. The molecule has 3 saturated heterocycles. The van der Waals surface area contributed by atoms with E-state index in [9.17, 15) is 27.6 Å². The summed E-state index contributed by atoms with van der Waals surface area (Å²) in [6, 6.07) is 8.63. The minimum Gasteiger partial charge on any atom is -0.450 e. The van der Waals surface area contributed by atoms with Crippen LogP contribution in [0, 0.1) is 0 Å². The van der Waals surface area contributed by atoms with Crippen molar-refractivity contribution < 1.29 is 37.0 Å². The summed E-state index contributed by atoms with van der Waals surface area (Å²) in [5.41, 5.74) is 0.603. The minimum absolute atomic E-state index is 0.167. The van der Waals surface area contributed by atoms with Crippen molar-refractivity contribution in [2.75, 3.05) is 52.4 Å². The fourth-order valence-electron chi connectivity index (χ4n) is 5.58. The predicted molar refractivity (Wildman–Crippen MR) is 144 cm³/mol. The summed E-state index contributed by atoms with van der Waals surface area (Å²) >= 11 is 0. The van der Waals surface area contributed by atoms with Crippen molar-refractivity contribution in [3.05, 3.63) is 65.0 Å². The summed E-state index contributed by atoms with van der Waals surface area (Å²) < 4.78 is 49.3. The first-order chi connectivity index (χ1) is 20.0. The van der Waals surface area contributed by atoms with Crippen LogP contribution in [0.25, 0.3) is 0 Å². The molecule has 3 fully saturated rings. The molecule has 226 valence electrons. The van der Waals surface area contributed by atoms with Crippen molar-refractivity contribution in [2.45, 2.75) is 44.6 Å². The molecule has 1 aromatic heterocycles. The van der Waals surface area contributed by atoms with Gasteiger partial charge >= 0.3 is 18.4 Å². The third-order valence-electron chi connectivity index (χ3n) is 8.01. The molecule has 0 aliphatic carbocycles. The van der Waals surface area contributed by atoms with Gasteiger partial charge in [0.15, 0.2) is 0 Å². The summed E-state index contributed by atoms with van der Waals surface area (Å²) in [6.45, 7) is 6.20. The first-order valence-corrected chi connectivity index (χ1v) is 14.1. The molecule has 3 aliphatic rings. The lowest BCUT2D eigenvalue weighted by Gasteiger charge is -2.37. The molecule has 0 radical (unpaired) electrons. The Morgan fingerprint density at radius 2 is 1.62 bits per heavy atom. The molecule has 13 heteroatoms. The maximum Gasteiger partial charge on any atom is 0.416 e. The summed E-state index contributed by atoms with van der Waals surface area (Å²) in [4.78, 5) is 49.0. The molecule has 3 amide bonds. The Morgan fingerprint density at radius 1 is 0.952 bits per heavy atom. The predicted octanol–water partition coefficient (Wildman–Crippen LogP) is 4.00. The second-order valence-corrected chi connectivity index (χ2v) is 10.9. The number of nitrogens with zero attached hydrogens (tertiary/aromatic N) is 5. The second-order valence-electron chi connectivity index (χ2n) is 10.9. The van der Waals surface area contributed by atoms with Crippen molar-refractivity contribution in [3.8, 4) is 0 Å². The molecule has 2 aromatic rings. The largest absolute Gasteiger partial charge is 0.450 e. The molecule has 1 spiro atoms. The SMILES string of the molecule is CCOC(=O)N1CCN(C(=O)c2ccc(CN3CC4(CCN(Cc5ccc(C(F)(F)F)cc5)CC4)OC3=O)nc2)CC1. The summed E-state index contributed by atoms with van der Waals surface area (Å²) in [7, 11) is 0. The quantitative estimate of drug-likeness (QED) is 0.503. The Bertz CT molecular complexity index is 1270. The topological polar surface area (TPSA) is 95.5 Å². The van der Waals surface area contributed by atoms with E-state index in [1.807, 2.05) is 0 Å². The first kappa shape index (κ1) is 29.6. The number of hydrogen-bond acceptors (Lipinski definition) is 7. The molecular weight excluding hydrogens is 555 g/mol. The van der Waals surface area contributed by atoms with E-state index in [0.29, 0.717) is 83.1 Å². The fourth-order valence-corrected chi connectivity index (χ4v) is 5.58. The Balaban J connectivity index is 1.09. The van der Waals surface area contributed by atoms with Gasteiger partial charge < -0.3 is 19.3 Å². The number of piperazine rings is 1. The average molecular weight is 590 g/mol. The fraction of sp³-hybridized carbons (Fsp3) is 0.517. The van der Waals surface area contributed by atoms with Gasteiger partial charge in [-0.25, -0.2) is 9.59 Å². The molecule has 10 nitrogen and oxygen atoms in total. The van der Waals surface area contributed by atoms with Crippen LogP contribution in [0.3, 0.4) is 0 Å². The van der Waals surface area contributed by atoms with Crippen molar-refractivity contribution >= 4 is 18.1 Å². The van der Waals surface area contributed by atoms with Gasteiger partial charge in [0.05, 0.1) is 36.5 Å². The number of hydrogen-bond donors (Lipinski definition) is 0. The monoisotopic (exact) mass is 589 g/mol. The van der Waals surface area contributed by atoms with Crippen LogP contribution in [0.1, 0.15) is 46.9 Å². The molecule has 0 N–H and O–H groups in total. The smallest absolute Gasteiger partial charge is 0.416 e. The number of carbonyl (C=O) groups excluding carboxylic acids is 3. The first-order valence-electron chi connectivity index (χ1n) is 14.1. The number of aromatic nitrogens is 1. The normalized spacial score (nSPS) is 19.2. The number of alkyl halides is 3. The highest BCUT2D eigenvalue weighted by Crippen LogP contribution is 2.35. The van der Waals surface area contributed by atoms with Gasteiger partial charge in [-0.3, -0.25) is 19.6 Å². The molecule has 3 aliphatic heterocycles. The highest BCUT2D eigenvalue weighted by Gasteiger charge is 2.47. The third kappa shape index (κ3) is 6.77. The number of carbonyl (C=O) groups is 3. The molecule has 4 heterocycles. The highest BCUT2D eigenvalue weighted by atomic mass is 19.4. The molecule has 5 rings (SSSR count). The van der Waals surface area contributed by atoms with E-state index in [1.165, 1.54) is 18.3 Å². The van der Waals surface area contributed by atoms with Crippen molar-refractivity contribution in [1.29, 1.82) is 0 Å². The zero-order valence-electron chi connectivity index (χ0n) is 23.4. The zero-order chi connectivity index (χ0) is 29.9. The molecule has 1 aromatic carbocycles. The van der Waals surface area contributed by atoms with Crippen LogP contribution in [0.15, 0.2) is 42.6 Å². The van der Waals surface area contributed by atoms with Crippen LogP contribution >= 0.6 is 0 Å². The lowest BCUT2D eigenvalue weighted by Crippen LogP contribution is -2.50. The Kier molecular flexibility index (Phi) is 8.58. The lowest BCUT2D eigenvalue weighted by atomic mass is 9.91. The van der Waals surface area contributed by atoms with E-state index in [0.717, 1.165) is 17.7 Å². The van der Waals surface area contributed by atoms with Gasteiger partial charge in [0, 0.05) is 64.9 Å². The number of likely N-dealkylation sites (tertiary alicyclic amines) is 1. The number of amides is 3. The van der Waals surface area contributed by atoms with E-state index >= 15 is 0 Å². The van der Waals surface area contributed by atoms with Crippen LogP contribution < -0.4 is 0 Å². The van der Waals surface area contributed by atoms with Gasteiger partial charge in [-0.1, -0.05) is 12.1 Å². The number of benzene rings is 1. The molecule has 0 unspecified atom stereocenters. The number of ether oxygens (including phenoxy) is 2. The standard InChI is InChI=1S/C29H34F3N5O5/c1-2-41-26(39)36-15-13-35(14-16-36)25(38)22-5-8-24(33-17-22)19-37-20-28(42-27(37)40)9-11-34(12-10-28)18-21-3-6-23(7-4-21)29(30,31)32/h3-8,17H,2,9-16,18-20H2,1H3. The molecule has 0 saturated carbocycles. The van der Waals surface area contributed by atoms with Gasteiger partial charge in [0.1, 0.15) is 5.60 Å². The second kappa shape index (κ2) is 12.2. The van der Waals surface area contributed by atoms with Crippen molar-refractivity contribution in [2.24, 2.45) is 0 Å². The highest BCUT2D eigenvalue weighted by molar-refractivity contribution is 5.94. The van der Waals surface area contributed by atoms with E-state index < -0.39 is 23.4 Å².